The lowest BCUT2D eigenvalue weighted by molar-refractivity contribution is -0.131. The maximum Gasteiger partial charge on any atom is 0.308 e. The van der Waals surface area contributed by atoms with E-state index in [4.69, 9.17) is 15.5 Å². The van der Waals surface area contributed by atoms with Crippen molar-refractivity contribution >= 4 is 5.97 Å². The molecule has 0 aliphatic carbocycles. The summed E-state index contributed by atoms with van der Waals surface area (Å²) < 4.78 is 5.60. The van der Waals surface area contributed by atoms with Gasteiger partial charge in [0.15, 0.2) is 5.75 Å². The van der Waals surface area contributed by atoms with Gasteiger partial charge in [-0.2, -0.15) is 0 Å². The second kappa shape index (κ2) is 8.26. The third-order valence-corrected chi connectivity index (χ3v) is 4.14. The number of hydrogen-bond acceptors (Lipinski definition) is 4. The van der Waals surface area contributed by atoms with Gasteiger partial charge in [-0.1, -0.05) is 50.6 Å². The van der Waals surface area contributed by atoms with Crippen LogP contribution < -0.4 is 10.5 Å². The fraction of sp³-hybridized carbons (Fsp3) is 0.429. The Morgan fingerprint density at radius 3 is 2.32 bits per heavy atom. The van der Waals surface area contributed by atoms with Crippen molar-refractivity contribution in [1.29, 1.82) is 0 Å². The van der Waals surface area contributed by atoms with Gasteiger partial charge in [0.2, 0.25) is 0 Å². The summed E-state index contributed by atoms with van der Waals surface area (Å²) in [5, 5.41) is 0. The van der Waals surface area contributed by atoms with Crippen LogP contribution in [0.2, 0.25) is 0 Å². The van der Waals surface area contributed by atoms with Crippen molar-refractivity contribution in [3.63, 3.8) is 0 Å². The molecule has 0 atom stereocenters. The van der Waals surface area contributed by atoms with Crippen LogP contribution in [0.15, 0.2) is 24.3 Å². The Morgan fingerprint density at radius 2 is 1.84 bits per heavy atom. The summed E-state index contributed by atoms with van der Waals surface area (Å²) in [6.45, 7) is 10.2. The maximum absolute atomic E-state index is 11.7. The van der Waals surface area contributed by atoms with Crippen molar-refractivity contribution < 1.29 is 9.53 Å². The number of carbonyl (C=O) groups is 1. The van der Waals surface area contributed by atoms with Gasteiger partial charge in [-0.25, -0.2) is 0 Å². The number of pyridine rings is 1. The van der Waals surface area contributed by atoms with Crippen LogP contribution in [0, 0.1) is 12.8 Å². The molecule has 134 valence electrons. The van der Waals surface area contributed by atoms with E-state index in [1.165, 1.54) is 12.5 Å². The molecule has 2 N–H and O–H groups in total. The van der Waals surface area contributed by atoms with Crippen molar-refractivity contribution in [2.45, 2.75) is 54.0 Å². The minimum atomic E-state index is -0.343. The highest BCUT2D eigenvalue weighted by molar-refractivity contribution is 5.80. The molecule has 4 nitrogen and oxygen atoms in total. The van der Waals surface area contributed by atoms with E-state index in [0.717, 1.165) is 34.5 Å². The quantitative estimate of drug-likeness (QED) is 0.800. The molecular formula is C21H28N2O2. The fourth-order valence-electron chi connectivity index (χ4n) is 3.00. The van der Waals surface area contributed by atoms with Crippen molar-refractivity contribution in [3.8, 4) is 16.9 Å². The average Bonchev–Trinajstić information content (AvgIpc) is 2.55. The summed E-state index contributed by atoms with van der Waals surface area (Å²) in [7, 11) is 0. The van der Waals surface area contributed by atoms with Gasteiger partial charge in [0.05, 0.1) is 5.69 Å². The van der Waals surface area contributed by atoms with Crippen LogP contribution in [-0.2, 0) is 24.2 Å². The zero-order valence-electron chi connectivity index (χ0n) is 15.8. The van der Waals surface area contributed by atoms with Crippen LogP contribution in [0.4, 0.5) is 0 Å². The SMILES string of the molecule is CCc1nc(CC(C)C)c(CN)c(-c2ccc(C)cc2)c1OC(C)=O. The third kappa shape index (κ3) is 4.45. The van der Waals surface area contributed by atoms with Gasteiger partial charge in [0, 0.05) is 24.7 Å². The van der Waals surface area contributed by atoms with Crippen LogP contribution in [0.5, 0.6) is 5.75 Å². The summed E-state index contributed by atoms with van der Waals surface area (Å²) in [6, 6.07) is 8.22. The fourth-order valence-corrected chi connectivity index (χ4v) is 3.00. The monoisotopic (exact) mass is 340 g/mol. The van der Waals surface area contributed by atoms with E-state index in [-0.39, 0.29) is 5.97 Å². The molecule has 0 aliphatic heterocycles. The van der Waals surface area contributed by atoms with Gasteiger partial charge in [0.25, 0.3) is 0 Å². The normalized spacial score (nSPS) is 11.0. The van der Waals surface area contributed by atoms with Gasteiger partial charge in [-0.15, -0.1) is 0 Å². The van der Waals surface area contributed by atoms with E-state index < -0.39 is 0 Å². The number of esters is 1. The summed E-state index contributed by atoms with van der Waals surface area (Å²) in [6.07, 6.45) is 1.54. The molecule has 2 aromatic rings. The van der Waals surface area contributed by atoms with Crippen molar-refractivity contribution in [2.75, 3.05) is 0 Å². The van der Waals surface area contributed by atoms with E-state index in [2.05, 4.69) is 45.0 Å². The number of aryl methyl sites for hydroxylation is 2. The van der Waals surface area contributed by atoms with Gasteiger partial charge in [-0.3, -0.25) is 9.78 Å². The summed E-state index contributed by atoms with van der Waals surface area (Å²) >= 11 is 0. The molecule has 0 amide bonds. The number of aromatic nitrogens is 1. The Balaban J connectivity index is 2.80. The average molecular weight is 340 g/mol. The molecule has 0 radical (unpaired) electrons. The summed E-state index contributed by atoms with van der Waals surface area (Å²) in [5.74, 6) is 0.671. The number of nitrogens with zero attached hydrogens (tertiary/aromatic N) is 1. The highest BCUT2D eigenvalue weighted by Crippen LogP contribution is 2.38. The Hall–Kier alpha value is -2.20. The molecule has 0 saturated carbocycles. The number of rotatable bonds is 6. The second-order valence-corrected chi connectivity index (χ2v) is 6.80. The topological polar surface area (TPSA) is 65.2 Å². The number of nitrogens with two attached hydrogens (primary N) is 1. The van der Waals surface area contributed by atoms with Gasteiger partial charge in [-0.05, 0) is 36.8 Å². The molecular weight excluding hydrogens is 312 g/mol. The molecule has 25 heavy (non-hydrogen) atoms. The van der Waals surface area contributed by atoms with Gasteiger partial charge in [0.1, 0.15) is 0 Å². The van der Waals surface area contributed by atoms with Crippen LogP contribution in [0.1, 0.15) is 50.2 Å². The Labute approximate surface area is 150 Å². The first-order valence-electron chi connectivity index (χ1n) is 8.87. The van der Waals surface area contributed by atoms with Gasteiger partial charge >= 0.3 is 5.97 Å². The predicted octanol–water partition coefficient (Wildman–Crippen LogP) is 4.20. The first-order chi connectivity index (χ1) is 11.9. The van der Waals surface area contributed by atoms with E-state index in [1.54, 1.807) is 0 Å². The highest BCUT2D eigenvalue weighted by atomic mass is 16.5. The molecule has 1 aromatic heterocycles. The molecule has 1 aromatic carbocycles. The number of ether oxygens (including phenoxy) is 1. The molecule has 0 spiro atoms. The van der Waals surface area contributed by atoms with Crippen LogP contribution >= 0.6 is 0 Å². The molecule has 0 saturated heterocycles. The smallest absolute Gasteiger partial charge is 0.308 e. The van der Waals surface area contributed by atoms with Crippen LogP contribution in [0.3, 0.4) is 0 Å². The number of carbonyl (C=O) groups excluding carboxylic acids is 1. The molecule has 2 rings (SSSR count). The van der Waals surface area contributed by atoms with Crippen LogP contribution in [-0.4, -0.2) is 11.0 Å². The first kappa shape index (κ1) is 19.1. The van der Waals surface area contributed by atoms with Crippen molar-refractivity contribution in [2.24, 2.45) is 11.7 Å². The highest BCUT2D eigenvalue weighted by Gasteiger charge is 2.22. The first-order valence-corrected chi connectivity index (χ1v) is 8.87. The standard InChI is InChI=1S/C21H28N2O2/c1-6-18-21(25-15(5)24)20(16-9-7-14(4)8-10-16)17(12-22)19(23-18)11-13(2)3/h7-10,13H,6,11-12,22H2,1-5H3. The van der Waals surface area contributed by atoms with E-state index in [0.29, 0.717) is 24.6 Å². The van der Waals surface area contributed by atoms with E-state index in [9.17, 15) is 4.79 Å². The lowest BCUT2D eigenvalue weighted by Crippen LogP contribution is -2.15. The Morgan fingerprint density at radius 1 is 1.20 bits per heavy atom. The minimum absolute atomic E-state index is 0.343. The van der Waals surface area contributed by atoms with Crippen LogP contribution in [0.25, 0.3) is 11.1 Å². The second-order valence-electron chi connectivity index (χ2n) is 6.80. The zero-order chi connectivity index (χ0) is 18.6. The third-order valence-electron chi connectivity index (χ3n) is 4.14. The lowest BCUT2D eigenvalue weighted by Gasteiger charge is -2.21. The predicted molar refractivity (Wildman–Crippen MR) is 102 cm³/mol. The maximum atomic E-state index is 11.7. The largest absolute Gasteiger partial charge is 0.424 e. The Bertz CT molecular complexity index is 749. The molecule has 0 bridgehead atoms. The van der Waals surface area contributed by atoms with Crippen molar-refractivity contribution in [1.82, 2.24) is 4.98 Å². The van der Waals surface area contributed by atoms with E-state index in [1.807, 2.05) is 6.92 Å². The minimum Gasteiger partial charge on any atom is -0.424 e. The Kier molecular flexibility index (Phi) is 6.32. The number of hydrogen-bond donors (Lipinski definition) is 1. The molecule has 0 aliphatic rings. The molecule has 0 fully saturated rings. The van der Waals surface area contributed by atoms with Crippen molar-refractivity contribution in [3.05, 3.63) is 46.8 Å². The number of benzene rings is 1. The van der Waals surface area contributed by atoms with Gasteiger partial charge < -0.3 is 10.5 Å². The summed E-state index contributed by atoms with van der Waals surface area (Å²) in [4.78, 5) is 16.5. The molecule has 1 heterocycles. The zero-order valence-corrected chi connectivity index (χ0v) is 15.8. The molecule has 0 unspecified atom stereocenters. The molecule has 4 heteroatoms. The summed E-state index contributed by atoms with van der Waals surface area (Å²) in [5.41, 5.74) is 12.0. The van der Waals surface area contributed by atoms with E-state index >= 15 is 0 Å². The lowest BCUT2D eigenvalue weighted by atomic mass is 9.92.